The highest BCUT2D eigenvalue weighted by molar-refractivity contribution is 7.91. The van der Waals surface area contributed by atoms with Gasteiger partial charge in [-0.05, 0) is 49.3 Å². The Bertz CT molecular complexity index is 541. The van der Waals surface area contributed by atoms with E-state index in [2.05, 4.69) is 4.98 Å². The summed E-state index contributed by atoms with van der Waals surface area (Å²) in [5.74, 6) is 0.0228. The van der Waals surface area contributed by atoms with Crippen molar-refractivity contribution >= 4 is 9.84 Å². The van der Waals surface area contributed by atoms with Crippen LogP contribution in [0.4, 0.5) is 0 Å². The van der Waals surface area contributed by atoms with Gasteiger partial charge in [0.2, 0.25) is 0 Å². The fourth-order valence-corrected chi connectivity index (χ4v) is 4.12. The average Bonchev–Trinajstić information content (AvgIpc) is 2.38. The molecule has 0 aliphatic heterocycles. The summed E-state index contributed by atoms with van der Waals surface area (Å²) >= 11 is 0. The van der Waals surface area contributed by atoms with Gasteiger partial charge in [0.05, 0.1) is 11.4 Å². The Hall–Kier alpha value is -0.940. The SMILES string of the molecule is Cc1cnccc1C(O)C1CCCC(S(C)(=O)=O)C1. The highest BCUT2D eigenvalue weighted by Crippen LogP contribution is 2.37. The molecule has 1 aromatic rings. The summed E-state index contributed by atoms with van der Waals surface area (Å²) in [6.45, 7) is 1.92. The van der Waals surface area contributed by atoms with Gasteiger partial charge in [-0.1, -0.05) is 6.42 Å². The van der Waals surface area contributed by atoms with Crippen LogP contribution < -0.4 is 0 Å². The van der Waals surface area contributed by atoms with Gasteiger partial charge in [0.15, 0.2) is 0 Å². The van der Waals surface area contributed by atoms with E-state index in [1.54, 1.807) is 12.4 Å². The number of nitrogens with zero attached hydrogens (tertiary/aromatic N) is 1. The van der Waals surface area contributed by atoms with Gasteiger partial charge < -0.3 is 5.11 Å². The maximum absolute atomic E-state index is 11.7. The minimum absolute atomic E-state index is 0.0228. The van der Waals surface area contributed by atoms with E-state index in [4.69, 9.17) is 0 Å². The predicted octanol–water partition coefficient (Wildman–Crippen LogP) is 2.03. The molecule has 2 rings (SSSR count). The molecule has 4 nitrogen and oxygen atoms in total. The second kappa shape index (κ2) is 5.59. The summed E-state index contributed by atoms with van der Waals surface area (Å²) in [6, 6.07) is 1.82. The Labute approximate surface area is 114 Å². The van der Waals surface area contributed by atoms with E-state index in [1.807, 2.05) is 13.0 Å². The van der Waals surface area contributed by atoms with Gasteiger partial charge in [-0.2, -0.15) is 0 Å². The van der Waals surface area contributed by atoms with E-state index < -0.39 is 15.9 Å². The molecule has 1 fully saturated rings. The van der Waals surface area contributed by atoms with Crippen molar-refractivity contribution in [2.24, 2.45) is 5.92 Å². The molecule has 1 aliphatic carbocycles. The second-order valence-electron chi connectivity index (χ2n) is 5.56. The van der Waals surface area contributed by atoms with Gasteiger partial charge >= 0.3 is 0 Å². The smallest absolute Gasteiger partial charge is 0.150 e. The summed E-state index contributed by atoms with van der Waals surface area (Å²) in [5, 5.41) is 10.2. The van der Waals surface area contributed by atoms with Gasteiger partial charge in [-0.25, -0.2) is 8.42 Å². The lowest BCUT2D eigenvalue weighted by molar-refractivity contribution is 0.0851. The Kier molecular flexibility index (Phi) is 4.26. The molecule has 3 unspecified atom stereocenters. The first-order valence-electron chi connectivity index (χ1n) is 6.67. The first-order valence-corrected chi connectivity index (χ1v) is 8.62. The van der Waals surface area contributed by atoms with Crippen LogP contribution in [0.2, 0.25) is 0 Å². The molecule has 1 aromatic heterocycles. The molecule has 0 saturated heterocycles. The van der Waals surface area contributed by atoms with Gasteiger partial charge in [0.25, 0.3) is 0 Å². The third-order valence-electron chi connectivity index (χ3n) is 4.10. The number of hydrogen-bond acceptors (Lipinski definition) is 4. The fraction of sp³-hybridized carbons (Fsp3) is 0.643. The van der Waals surface area contributed by atoms with Crippen molar-refractivity contribution in [2.45, 2.75) is 44.0 Å². The number of sulfone groups is 1. The predicted molar refractivity (Wildman–Crippen MR) is 74.5 cm³/mol. The van der Waals surface area contributed by atoms with Gasteiger partial charge in [-0.3, -0.25) is 4.98 Å². The van der Waals surface area contributed by atoms with Crippen LogP contribution in [-0.2, 0) is 9.84 Å². The van der Waals surface area contributed by atoms with Crippen molar-refractivity contribution in [3.63, 3.8) is 0 Å². The quantitative estimate of drug-likeness (QED) is 0.921. The van der Waals surface area contributed by atoms with Crippen LogP contribution in [-0.4, -0.2) is 30.0 Å². The molecule has 0 amide bonds. The Morgan fingerprint density at radius 1 is 1.42 bits per heavy atom. The highest BCUT2D eigenvalue weighted by atomic mass is 32.2. The minimum atomic E-state index is -3.01. The fourth-order valence-electron chi connectivity index (χ4n) is 2.93. The molecular weight excluding hydrogens is 262 g/mol. The normalized spacial score (nSPS) is 26.1. The summed E-state index contributed by atoms with van der Waals surface area (Å²) in [5.41, 5.74) is 1.82. The van der Waals surface area contributed by atoms with Crippen molar-refractivity contribution < 1.29 is 13.5 Å². The maximum atomic E-state index is 11.7. The van der Waals surface area contributed by atoms with Gasteiger partial charge in [-0.15, -0.1) is 0 Å². The number of hydrogen-bond donors (Lipinski definition) is 1. The molecule has 0 radical (unpaired) electrons. The number of aliphatic hydroxyl groups excluding tert-OH is 1. The number of rotatable bonds is 3. The first kappa shape index (κ1) is 14.5. The Morgan fingerprint density at radius 3 is 2.79 bits per heavy atom. The molecule has 1 saturated carbocycles. The van der Waals surface area contributed by atoms with E-state index in [-0.39, 0.29) is 11.2 Å². The molecule has 0 spiro atoms. The van der Waals surface area contributed by atoms with Crippen molar-refractivity contribution in [1.29, 1.82) is 0 Å². The minimum Gasteiger partial charge on any atom is -0.388 e. The van der Waals surface area contributed by atoms with Crippen molar-refractivity contribution in [2.75, 3.05) is 6.26 Å². The van der Waals surface area contributed by atoms with Gasteiger partial charge in [0, 0.05) is 18.6 Å². The summed E-state index contributed by atoms with van der Waals surface area (Å²) in [7, 11) is -3.01. The lowest BCUT2D eigenvalue weighted by Crippen LogP contribution is -2.30. The molecule has 106 valence electrons. The molecule has 1 heterocycles. The molecule has 5 heteroatoms. The zero-order valence-corrected chi connectivity index (χ0v) is 12.2. The monoisotopic (exact) mass is 283 g/mol. The zero-order valence-electron chi connectivity index (χ0n) is 11.4. The number of aryl methyl sites for hydroxylation is 1. The molecular formula is C14H21NO3S. The van der Waals surface area contributed by atoms with Crippen LogP contribution in [0, 0.1) is 12.8 Å². The van der Waals surface area contributed by atoms with Crippen LogP contribution in [0.25, 0.3) is 0 Å². The Morgan fingerprint density at radius 2 is 2.16 bits per heavy atom. The lowest BCUT2D eigenvalue weighted by atomic mass is 9.82. The van der Waals surface area contributed by atoms with Crippen LogP contribution in [0.15, 0.2) is 18.5 Å². The third kappa shape index (κ3) is 3.34. The summed E-state index contributed by atoms with van der Waals surface area (Å²) in [6.07, 6.45) is 7.13. The standard InChI is InChI=1S/C14H21NO3S/c1-10-9-15-7-6-13(10)14(16)11-4-3-5-12(8-11)19(2,17)18/h6-7,9,11-12,14,16H,3-5,8H2,1-2H3. The molecule has 1 N–H and O–H groups in total. The molecule has 1 aliphatic rings. The molecule has 0 aromatic carbocycles. The van der Waals surface area contributed by atoms with E-state index >= 15 is 0 Å². The molecule has 0 bridgehead atoms. The summed E-state index contributed by atoms with van der Waals surface area (Å²) in [4.78, 5) is 4.02. The van der Waals surface area contributed by atoms with E-state index in [0.29, 0.717) is 6.42 Å². The van der Waals surface area contributed by atoms with Crippen LogP contribution >= 0.6 is 0 Å². The highest BCUT2D eigenvalue weighted by Gasteiger charge is 2.33. The van der Waals surface area contributed by atoms with Crippen LogP contribution in [0.5, 0.6) is 0 Å². The molecule has 19 heavy (non-hydrogen) atoms. The van der Waals surface area contributed by atoms with Crippen molar-refractivity contribution in [3.8, 4) is 0 Å². The van der Waals surface area contributed by atoms with Crippen molar-refractivity contribution in [3.05, 3.63) is 29.6 Å². The second-order valence-corrected chi connectivity index (χ2v) is 7.88. The number of aliphatic hydroxyl groups is 1. The van der Waals surface area contributed by atoms with Crippen molar-refractivity contribution in [1.82, 2.24) is 4.98 Å². The first-order chi connectivity index (χ1) is 8.89. The van der Waals surface area contributed by atoms with E-state index in [1.165, 1.54) is 6.26 Å². The van der Waals surface area contributed by atoms with Crippen LogP contribution in [0.3, 0.4) is 0 Å². The van der Waals surface area contributed by atoms with Crippen LogP contribution in [0.1, 0.15) is 42.9 Å². The summed E-state index contributed by atoms with van der Waals surface area (Å²) < 4.78 is 23.3. The largest absolute Gasteiger partial charge is 0.388 e. The topological polar surface area (TPSA) is 67.3 Å². The molecule has 3 atom stereocenters. The number of aromatic nitrogens is 1. The lowest BCUT2D eigenvalue weighted by Gasteiger charge is -2.31. The maximum Gasteiger partial charge on any atom is 0.150 e. The van der Waals surface area contributed by atoms with E-state index in [0.717, 1.165) is 30.4 Å². The Balaban J connectivity index is 2.16. The number of pyridine rings is 1. The zero-order chi connectivity index (χ0) is 14.0. The third-order valence-corrected chi connectivity index (χ3v) is 5.74. The van der Waals surface area contributed by atoms with E-state index in [9.17, 15) is 13.5 Å². The average molecular weight is 283 g/mol. The van der Waals surface area contributed by atoms with Gasteiger partial charge in [0.1, 0.15) is 9.84 Å².